The minimum Gasteiger partial charge on any atom is -0.494 e. The topological polar surface area (TPSA) is 99.6 Å². The molecule has 1 aromatic carbocycles. The van der Waals surface area contributed by atoms with Gasteiger partial charge < -0.3 is 29.3 Å². The van der Waals surface area contributed by atoms with Crippen molar-refractivity contribution in [3.8, 4) is 5.75 Å². The summed E-state index contributed by atoms with van der Waals surface area (Å²) in [6.45, 7) is 8.72. The fourth-order valence-corrected chi connectivity index (χ4v) is 8.30. The predicted octanol–water partition coefficient (Wildman–Crippen LogP) is 3.71. The van der Waals surface area contributed by atoms with Crippen LogP contribution in [-0.4, -0.2) is 88.3 Å². The average Bonchev–Trinajstić information content (AvgIpc) is 3.25. The predicted molar refractivity (Wildman–Crippen MR) is 162 cm³/mol. The SMILES string of the molecule is CCOc1ccc(N2CC=C[C@@]3(C)O[C@]45C=CCN(C6CCCCC6)C(=O)C4N([C@@H](CO)C(C)C)C(=O)[C@@H]5[C@H]3C2=O)cc1. The van der Waals surface area contributed by atoms with Gasteiger partial charge in [0.2, 0.25) is 17.7 Å². The second kappa shape index (κ2) is 11.4. The van der Waals surface area contributed by atoms with Gasteiger partial charge in [-0.15, -0.1) is 0 Å². The van der Waals surface area contributed by atoms with Crippen molar-refractivity contribution in [2.45, 2.75) is 89.1 Å². The van der Waals surface area contributed by atoms with Gasteiger partial charge in [-0.2, -0.15) is 0 Å². The molecule has 1 spiro atoms. The van der Waals surface area contributed by atoms with E-state index >= 15 is 0 Å². The van der Waals surface area contributed by atoms with Crippen LogP contribution in [-0.2, 0) is 19.1 Å². The molecule has 2 saturated heterocycles. The highest BCUT2D eigenvalue weighted by molar-refractivity contribution is 6.04. The molecular formula is C34H45N3O6. The first kappa shape index (κ1) is 29.9. The largest absolute Gasteiger partial charge is 0.494 e. The summed E-state index contributed by atoms with van der Waals surface area (Å²) < 4.78 is 12.6. The number of aliphatic hydroxyl groups excluding tert-OH is 1. The lowest BCUT2D eigenvalue weighted by Crippen LogP contribution is -2.60. The van der Waals surface area contributed by atoms with Crippen molar-refractivity contribution >= 4 is 23.4 Å². The van der Waals surface area contributed by atoms with E-state index in [9.17, 15) is 19.5 Å². The van der Waals surface area contributed by atoms with Gasteiger partial charge in [0.15, 0.2) is 0 Å². The van der Waals surface area contributed by atoms with Crippen LogP contribution in [0, 0.1) is 17.8 Å². The number of likely N-dealkylation sites (tertiary alicyclic amines) is 1. The summed E-state index contributed by atoms with van der Waals surface area (Å²) >= 11 is 0. The second-order valence-electron chi connectivity index (χ2n) is 13.2. The van der Waals surface area contributed by atoms with Crippen LogP contribution in [0.2, 0.25) is 0 Å². The molecule has 3 amide bonds. The maximum absolute atomic E-state index is 14.7. The number of carbonyl (C=O) groups is 3. The number of rotatable bonds is 7. The van der Waals surface area contributed by atoms with E-state index in [1.54, 1.807) is 9.80 Å². The number of fused-ring (bicyclic) bond motifs is 2. The maximum Gasteiger partial charge on any atom is 0.249 e. The Morgan fingerprint density at radius 3 is 2.30 bits per heavy atom. The summed E-state index contributed by atoms with van der Waals surface area (Å²) in [5.41, 5.74) is -1.73. The van der Waals surface area contributed by atoms with E-state index in [0.29, 0.717) is 25.4 Å². The van der Waals surface area contributed by atoms with Crippen LogP contribution >= 0.6 is 0 Å². The molecule has 1 N–H and O–H groups in total. The molecule has 5 aliphatic rings. The normalized spacial score (nSPS) is 33.4. The fraction of sp³-hybridized carbons (Fsp3) is 0.618. The third kappa shape index (κ3) is 4.70. The lowest BCUT2D eigenvalue weighted by molar-refractivity contribution is -0.157. The van der Waals surface area contributed by atoms with Crippen LogP contribution in [0.4, 0.5) is 5.69 Å². The standard InChI is InChI=1S/C34H45N3O6/c1-5-42-25-15-13-24(14-16-25)35-19-9-17-33(4)27(30(35)39)28-31(40)37(26(21-38)22(2)3)29-32(41)36(23-11-7-6-8-12-23)20-10-18-34(28,29)43-33/h9-10,13-18,22-23,26-29,38H,5-8,11-12,19-21H2,1-4H3/t26-,27-,28-,29?,33+,34-/m0/s1. The van der Waals surface area contributed by atoms with Gasteiger partial charge >= 0.3 is 0 Å². The van der Waals surface area contributed by atoms with Crippen molar-refractivity contribution in [2.24, 2.45) is 17.8 Å². The minimum absolute atomic E-state index is 0.0998. The molecule has 1 saturated carbocycles. The zero-order valence-electron chi connectivity index (χ0n) is 25.8. The van der Waals surface area contributed by atoms with E-state index in [1.807, 2.05) is 81.2 Å². The van der Waals surface area contributed by atoms with Gasteiger partial charge in [0.05, 0.1) is 36.7 Å². The molecule has 0 bridgehead atoms. The molecule has 4 heterocycles. The number of ether oxygens (including phenoxy) is 2. The molecule has 6 atom stereocenters. The third-order valence-corrected chi connectivity index (χ3v) is 10.3. The number of anilines is 1. The van der Waals surface area contributed by atoms with Gasteiger partial charge in [-0.1, -0.05) is 57.4 Å². The van der Waals surface area contributed by atoms with E-state index in [2.05, 4.69) is 0 Å². The van der Waals surface area contributed by atoms with Crippen molar-refractivity contribution in [3.63, 3.8) is 0 Å². The molecule has 0 radical (unpaired) electrons. The van der Waals surface area contributed by atoms with E-state index in [1.165, 1.54) is 0 Å². The Labute approximate surface area is 254 Å². The molecule has 9 heteroatoms. The molecule has 43 heavy (non-hydrogen) atoms. The first-order chi connectivity index (χ1) is 20.7. The number of amides is 3. The smallest absolute Gasteiger partial charge is 0.249 e. The molecule has 6 rings (SSSR count). The highest BCUT2D eigenvalue weighted by Gasteiger charge is 2.75. The van der Waals surface area contributed by atoms with Gasteiger partial charge in [0, 0.05) is 24.8 Å². The number of hydrogen-bond donors (Lipinski definition) is 1. The Morgan fingerprint density at radius 2 is 1.65 bits per heavy atom. The Morgan fingerprint density at radius 1 is 0.953 bits per heavy atom. The van der Waals surface area contributed by atoms with E-state index in [0.717, 1.165) is 37.9 Å². The molecule has 3 fully saturated rings. The number of hydrogen-bond acceptors (Lipinski definition) is 6. The van der Waals surface area contributed by atoms with E-state index < -0.39 is 35.1 Å². The quantitative estimate of drug-likeness (QED) is 0.486. The van der Waals surface area contributed by atoms with Crippen LogP contribution in [0.3, 0.4) is 0 Å². The highest BCUT2D eigenvalue weighted by atomic mass is 16.5. The molecule has 0 aromatic heterocycles. The summed E-state index contributed by atoms with van der Waals surface area (Å²) in [6, 6.07) is 5.94. The van der Waals surface area contributed by atoms with Gasteiger partial charge in [-0.3, -0.25) is 14.4 Å². The molecule has 1 aromatic rings. The molecule has 232 valence electrons. The Hall–Kier alpha value is -3.17. The van der Waals surface area contributed by atoms with Gasteiger partial charge in [0.25, 0.3) is 0 Å². The van der Waals surface area contributed by atoms with Crippen molar-refractivity contribution in [1.82, 2.24) is 9.80 Å². The first-order valence-electron chi connectivity index (χ1n) is 16.0. The van der Waals surface area contributed by atoms with Crippen molar-refractivity contribution in [2.75, 3.05) is 31.2 Å². The molecule has 1 aliphatic carbocycles. The van der Waals surface area contributed by atoms with Gasteiger partial charge in [0.1, 0.15) is 17.4 Å². The molecular weight excluding hydrogens is 546 g/mol. The van der Waals surface area contributed by atoms with Crippen LogP contribution in [0.5, 0.6) is 5.75 Å². The maximum atomic E-state index is 14.7. The Balaban J connectivity index is 1.44. The second-order valence-corrected chi connectivity index (χ2v) is 13.2. The highest BCUT2D eigenvalue weighted by Crippen LogP contribution is 2.58. The van der Waals surface area contributed by atoms with Crippen LogP contribution in [0.25, 0.3) is 0 Å². The lowest BCUT2D eigenvalue weighted by atomic mass is 9.74. The summed E-state index contributed by atoms with van der Waals surface area (Å²) in [5, 5.41) is 10.6. The summed E-state index contributed by atoms with van der Waals surface area (Å²) in [6.07, 6.45) is 12.9. The molecule has 4 aliphatic heterocycles. The van der Waals surface area contributed by atoms with Crippen molar-refractivity contribution < 1.29 is 29.0 Å². The fourth-order valence-electron chi connectivity index (χ4n) is 8.30. The number of aliphatic hydroxyl groups is 1. The van der Waals surface area contributed by atoms with Gasteiger partial charge in [-0.05, 0) is 56.9 Å². The summed E-state index contributed by atoms with van der Waals surface area (Å²) in [5.74, 6) is -1.83. The van der Waals surface area contributed by atoms with Crippen molar-refractivity contribution in [3.05, 3.63) is 48.6 Å². The van der Waals surface area contributed by atoms with Gasteiger partial charge in [-0.25, -0.2) is 0 Å². The zero-order chi connectivity index (χ0) is 30.5. The van der Waals surface area contributed by atoms with Crippen molar-refractivity contribution in [1.29, 1.82) is 0 Å². The average molecular weight is 592 g/mol. The molecule has 9 nitrogen and oxygen atoms in total. The Bertz CT molecular complexity index is 1300. The number of carbonyl (C=O) groups excluding carboxylic acids is 3. The van der Waals surface area contributed by atoms with Crippen LogP contribution in [0.1, 0.15) is 59.8 Å². The van der Waals surface area contributed by atoms with E-state index in [4.69, 9.17) is 9.47 Å². The van der Waals surface area contributed by atoms with E-state index in [-0.39, 0.29) is 36.3 Å². The lowest BCUT2D eigenvalue weighted by Gasteiger charge is -2.43. The van der Waals surface area contributed by atoms with Crippen LogP contribution < -0.4 is 9.64 Å². The minimum atomic E-state index is -1.33. The summed E-state index contributed by atoms with van der Waals surface area (Å²) in [7, 11) is 0. The first-order valence-corrected chi connectivity index (χ1v) is 16.0. The number of benzene rings is 1. The zero-order valence-corrected chi connectivity index (χ0v) is 25.8. The monoisotopic (exact) mass is 591 g/mol. The Kier molecular flexibility index (Phi) is 7.92. The molecule has 1 unspecified atom stereocenters. The third-order valence-electron chi connectivity index (χ3n) is 10.3. The number of nitrogens with zero attached hydrogens (tertiary/aromatic N) is 3. The van der Waals surface area contributed by atoms with Crippen LogP contribution in [0.15, 0.2) is 48.6 Å². The summed E-state index contributed by atoms with van der Waals surface area (Å²) in [4.78, 5) is 49.2.